The van der Waals surface area contributed by atoms with E-state index in [1.165, 1.54) is 36.1 Å². The number of phosphoric ester groups is 1. The molecule has 2 aromatic rings. The molecule has 3 rings (SSSR count). The summed E-state index contributed by atoms with van der Waals surface area (Å²) in [5.41, 5.74) is 0.517. The topological polar surface area (TPSA) is 189 Å². The zero-order valence-electron chi connectivity index (χ0n) is 21.2. The number of phosphoric acid groups is 1. The summed E-state index contributed by atoms with van der Waals surface area (Å²) in [5, 5.41) is 2.30. The number of thiophene rings is 1. The fourth-order valence-electron chi connectivity index (χ4n) is 3.73. The lowest BCUT2D eigenvalue weighted by Crippen LogP contribution is -2.50. The van der Waals surface area contributed by atoms with E-state index in [1.807, 2.05) is 4.72 Å². The van der Waals surface area contributed by atoms with Gasteiger partial charge in [-0.2, -0.15) is 4.72 Å². The molecule has 2 amide bonds. The standard InChI is InChI=1S/C22H25ClF2N3O10PS2/c1-13-15(28-9-3-6-19(28)29)4-2-5-17(13)41(35,36)27-14(10-26-20(30)16-7-8-18(23)40-16)21(31)37-11-22(24,25)12-38-39(32,33)34/h2,4-5,7-8,14,27H,3,6,9-12H2,1H3,(H,26,30)(H2,32,33,34)/t14-/m0/s1. The van der Waals surface area contributed by atoms with Gasteiger partial charge in [0.05, 0.1) is 14.1 Å². The summed E-state index contributed by atoms with van der Waals surface area (Å²) >= 11 is 6.70. The maximum atomic E-state index is 14.0. The van der Waals surface area contributed by atoms with Crippen LogP contribution < -0.4 is 14.9 Å². The van der Waals surface area contributed by atoms with Gasteiger partial charge in [-0.3, -0.25) is 18.9 Å². The van der Waals surface area contributed by atoms with Gasteiger partial charge in [-0.25, -0.2) is 21.8 Å². The Morgan fingerprint density at radius 1 is 1.24 bits per heavy atom. The monoisotopic (exact) mass is 659 g/mol. The maximum Gasteiger partial charge on any atom is 0.469 e. The van der Waals surface area contributed by atoms with Crippen molar-refractivity contribution in [2.24, 2.45) is 0 Å². The van der Waals surface area contributed by atoms with E-state index in [0.717, 1.165) is 11.3 Å². The molecule has 1 atom stereocenters. The van der Waals surface area contributed by atoms with Crippen molar-refractivity contribution in [2.75, 3.05) is 31.2 Å². The summed E-state index contributed by atoms with van der Waals surface area (Å²) in [6.07, 6.45) is 0.877. The molecule has 0 unspecified atom stereocenters. The van der Waals surface area contributed by atoms with Crippen molar-refractivity contribution in [3.05, 3.63) is 45.1 Å². The zero-order chi connectivity index (χ0) is 30.6. The molecule has 4 N–H and O–H groups in total. The molecule has 0 bridgehead atoms. The van der Waals surface area contributed by atoms with E-state index in [4.69, 9.17) is 21.4 Å². The van der Waals surface area contributed by atoms with Crippen LogP contribution in [-0.2, 0) is 33.4 Å². The third-order valence-corrected chi connectivity index (χ3v) is 8.94. The summed E-state index contributed by atoms with van der Waals surface area (Å²) in [6, 6.07) is 5.03. The second-order valence-electron chi connectivity index (χ2n) is 8.76. The fraction of sp³-hybridized carbons (Fsp3) is 0.409. The molecular weight excluding hydrogens is 635 g/mol. The van der Waals surface area contributed by atoms with E-state index < -0.39 is 61.4 Å². The number of nitrogens with one attached hydrogen (secondary N) is 2. The lowest BCUT2D eigenvalue weighted by Gasteiger charge is -2.23. The number of nitrogens with zero attached hydrogens (tertiary/aromatic N) is 1. The normalized spacial score (nSPS) is 15.2. The van der Waals surface area contributed by atoms with Crippen LogP contribution in [0.3, 0.4) is 0 Å². The van der Waals surface area contributed by atoms with Crippen LogP contribution in [0.2, 0.25) is 4.34 Å². The van der Waals surface area contributed by atoms with Crippen molar-refractivity contribution in [2.45, 2.75) is 36.6 Å². The molecule has 1 aliphatic rings. The van der Waals surface area contributed by atoms with Gasteiger partial charge in [-0.1, -0.05) is 17.7 Å². The molecule has 1 fully saturated rings. The average molecular weight is 660 g/mol. The highest BCUT2D eigenvalue weighted by atomic mass is 35.5. The van der Waals surface area contributed by atoms with Gasteiger partial charge >= 0.3 is 19.7 Å². The summed E-state index contributed by atoms with van der Waals surface area (Å²) in [7, 11) is -9.82. The number of hydrogen-bond donors (Lipinski definition) is 4. The third-order valence-electron chi connectivity index (χ3n) is 5.62. The van der Waals surface area contributed by atoms with Crippen molar-refractivity contribution in [1.82, 2.24) is 10.0 Å². The van der Waals surface area contributed by atoms with Gasteiger partial charge in [0.2, 0.25) is 15.9 Å². The third kappa shape index (κ3) is 9.24. The van der Waals surface area contributed by atoms with Crippen LogP contribution in [0, 0.1) is 6.92 Å². The number of amides is 2. The predicted molar refractivity (Wildman–Crippen MR) is 142 cm³/mol. The van der Waals surface area contributed by atoms with Gasteiger partial charge < -0.3 is 24.7 Å². The van der Waals surface area contributed by atoms with Crippen molar-refractivity contribution >= 4 is 64.3 Å². The molecule has 2 heterocycles. The molecule has 0 aliphatic carbocycles. The molecular formula is C22H25ClF2N3O10PS2. The maximum absolute atomic E-state index is 14.0. The number of hydrogen-bond acceptors (Lipinski definition) is 9. The van der Waals surface area contributed by atoms with Gasteiger partial charge in [-0.05, 0) is 43.2 Å². The highest BCUT2D eigenvalue weighted by Gasteiger charge is 2.37. The Morgan fingerprint density at radius 2 is 1.95 bits per heavy atom. The first-order valence-corrected chi connectivity index (χ1v) is 15.9. The number of ether oxygens (including phenoxy) is 1. The molecule has 226 valence electrons. The minimum atomic E-state index is -5.25. The van der Waals surface area contributed by atoms with Crippen LogP contribution in [0.4, 0.5) is 14.5 Å². The van der Waals surface area contributed by atoms with Crippen LogP contribution in [0.15, 0.2) is 35.2 Å². The van der Waals surface area contributed by atoms with Gasteiger partial charge in [0.1, 0.15) is 12.6 Å². The van der Waals surface area contributed by atoms with Gasteiger partial charge in [0, 0.05) is 25.2 Å². The first-order valence-electron chi connectivity index (χ1n) is 11.7. The Morgan fingerprint density at radius 3 is 2.54 bits per heavy atom. The average Bonchev–Trinajstić information content (AvgIpc) is 3.51. The second-order valence-corrected chi connectivity index (χ2v) is 13.4. The molecule has 0 saturated carbocycles. The molecule has 1 aliphatic heterocycles. The molecule has 41 heavy (non-hydrogen) atoms. The van der Waals surface area contributed by atoms with E-state index in [1.54, 1.807) is 6.07 Å². The number of rotatable bonds is 13. The SMILES string of the molecule is Cc1c(N2CCCC2=O)cccc1S(=O)(=O)N[C@@H](CNC(=O)c1ccc(Cl)s1)C(=O)OCC(F)(F)COP(=O)(O)O. The quantitative estimate of drug-likeness (QED) is 0.183. The number of carbonyl (C=O) groups is 3. The van der Waals surface area contributed by atoms with Crippen LogP contribution in [0.25, 0.3) is 0 Å². The second kappa shape index (κ2) is 13.2. The lowest BCUT2D eigenvalue weighted by molar-refractivity contribution is -0.160. The van der Waals surface area contributed by atoms with Crippen molar-refractivity contribution in [3.8, 4) is 0 Å². The van der Waals surface area contributed by atoms with Crippen molar-refractivity contribution in [1.29, 1.82) is 0 Å². The number of benzene rings is 1. The van der Waals surface area contributed by atoms with Crippen LogP contribution >= 0.6 is 30.8 Å². The van der Waals surface area contributed by atoms with Crippen LogP contribution in [0.1, 0.15) is 28.1 Å². The summed E-state index contributed by atoms with van der Waals surface area (Å²) in [4.78, 5) is 55.9. The smallest absolute Gasteiger partial charge is 0.458 e. The van der Waals surface area contributed by atoms with Crippen molar-refractivity contribution in [3.63, 3.8) is 0 Å². The van der Waals surface area contributed by atoms with Crippen LogP contribution in [0.5, 0.6) is 0 Å². The Labute approximate surface area is 242 Å². The number of halogens is 3. The number of sulfonamides is 1. The number of carbonyl (C=O) groups excluding carboxylic acids is 3. The number of alkyl halides is 2. The molecule has 1 aromatic carbocycles. The lowest BCUT2D eigenvalue weighted by atomic mass is 10.2. The first kappa shape index (κ1) is 33.0. The fourth-order valence-corrected chi connectivity index (χ4v) is 6.49. The Bertz CT molecular complexity index is 1470. The van der Waals surface area contributed by atoms with E-state index in [9.17, 15) is 36.1 Å². The summed E-state index contributed by atoms with van der Waals surface area (Å²) < 4.78 is 76.0. The van der Waals surface area contributed by atoms with E-state index in [-0.39, 0.29) is 25.6 Å². The van der Waals surface area contributed by atoms with E-state index in [0.29, 0.717) is 25.1 Å². The molecule has 19 heteroatoms. The molecule has 1 saturated heterocycles. The van der Waals surface area contributed by atoms with E-state index in [2.05, 4.69) is 14.6 Å². The number of esters is 1. The van der Waals surface area contributed by atoms with Gasteiger partial charge in [-0.15, -0.1) is 11.3 Å². The molecule has 0 radical (unpaired) electrons. The Balaban J connectivity index is 1.82. The predicted octanol–water partition coefficient (Wildman–Crippen LogP) is 2.20. The molecule has 13 nitrogen and oxygen atoms in total. The van der Waals surface area contributed by atoms with E-state index >= 15 is 0 Å². The summed E-state index contributed by atoms with van der Waals surface area (Å²) in [5.74, 6) is -6.52. The molecule has 0 spiro atoms. The zero-order valence-corrected chi connectivity index (χ0v) is 24.5. The summed E-state index contributed by atoms with van der Waals surface area (Å²) in [6.45, 7) is -2.42. The minimum Gasteiger partial charge on any atom is -0.458 e. The molecule has 1 aromatic heterocycles. The Kier molecular flexibility index (Phi) is 10.6. The minimum absolute atomic E-state index is 0.116. The van der Waals surface area contributed by atoms with Gasteiger partial charge in [0.25, 0.3) is 5.91 Å². The van der Waals surface area contributed by atoms with Crippen molar-refractivity contribution < 1.29 is 55.2 Å². The highest BCUT2D eigenvalue weighted by Crippen LogP contribution is 2.37. The Hall–Kier alpha value is -2.50. The van der Waals surface area contributed by atoms with Crippen LogP contribution in [-0.4, -0.2) is 74.3 Å². The number of anilines is 1. The highest BCUT2D eigenvalue weighted by molar-refractivity contribution is 7.89. The van der Waals surface area contributed by atoms with Gasteiger partial charge in [0.15, 0.2) is 6.61 Å². The first-order chi connectivity index (χ1) is 19.0. The largest absolute Gasteiger partial charge is 0.469 e.